The fourth-order valence-corrected chi connectivity index (χ4v) is 3.79. The average molecular weight is 385 g/mol. The van der Waals surface area contributed by atoms with E-state index in [9.17, 15) is 18.4 Å². The number of rotatable bonds is 4. The topological polar surface area (TPSA) is 52.7 Å². The van der Waals surface area contributed by atoms with E-state index in [4.69, 9.17) is 0 Å². The molecule has 1 atom stereocenters. The minimum atomic E-state index is -0.813. The third kappa shape index (κ3) is 3.69. The van der Waals surface area contributed by atoms with Crippen LogP contribution in [0.25, 0.3) is 0 Å². The van der Waals surface area contributed by atoms with Gasteiger partial charge in [-0.3, -0.25) is 9.59 Å². The molecule has 0 spiro atoms. The average Bonchev–Trinajstić information content (AvgIpc) is 3.33. The van der Waals surface area contributed by atoms with Crippen molar-refractivity contribution in [2.24, 2.45) is 5.92 Å². The molecule has 2 aliphatic heterocycles. The van der Waals surface area contributed by atoms with Crippen LogP contribution in [0.2, 0.25) is 0 Å². The molecule has 2 aromatic rings. The van der Waals surface area contributed by atoms with Gasteiger partial charge in [0.25, 0.3) is 0 Å². The summed E-state index contributed by atoms with van der Waals surface area (Å²) in [6.07, 6.45) is 2.38. The Bertz CT molecular complexity index is 895. The zero-order valence-corrected chi connectivity index (χ0v) is 15.3. The van der Waals surface area contributed by atoms with E-state index in [0.717, 1.165) is 30.9 Å². The summed E-state index contributed by atoms with van der Waals surface area (Å²) in [5.41, 5.74) is 1.79. The van der Waals surface area contributed by atoms with E-state index in [0.29, 0.717) is 5.69 Å². The van der Waals surface area contributed by atoms with Crippen molar-refractivity contribution in [2.45, 2.75) is 19.3 Å². The fraction of sp³-hybridized carbons (Fsp3) is 0.333. The number of benzene rings is 2. The molecular formula is C21H21F2N3O2. The number of hydrogen-bond donors (Lipinski definition) is 1. The smallest absolute Gasteiger partial charge is 0.229 e. The molecule has 0 bridgehead atoms. The number of anilines is 3. The van der Waals surface area contributed by atoms with Crippen molar-refractivity contribution in [3.63, 3.8) is 0 Å². The molecule has 1 unspecified atom stereocenters. The molecule has 5 nitrogen and oxygen atoms in total. The molecule has 2 heterocycles. The van der Waals surface area contributed by atoms with E-state index in [-0.39, 0.29) is 30.5 Å². The standard InChI is InChI=1S/C21H21F2N3O2/c22-15-3-8-19(18(23)12-15)26-13-14(11-20(26)27)21(28)24-16-4-6-17(7-5-16)25-9-1-2-10-25/h3-8,12,14H,1-2,9-11,13H2,(H,24,28). The molecule has 4 rings (SSSR count). The third-order valence-electron chi connectivity index (χ3n) is 5.30. The van der Waals surface area contributed by atoms with Gasteiger partial charge in [0.05, 0.1) is 11.6 Å². The van der Waals surface area contributed by atoms with Crippen LogP contribution in [0.5, 0.6) is 0 Å². The second kappa shape index (κ2) is 7.58. The van der Waals surface area contributed by atoms with E-state index >= 15 is 0 Å². The Balaban J connectivity index is 1.40. The summed E-state index contributed by atoms with van der Waals surface area (Å²) in [6, 6.07) is 10.7. The Hall–Kier alpha value is -2.96. The van der Waals surface area contributed by atoms with Crippen molar-refractivity contribution >= 4 is 28.9 Å². The predicted octanol–water partition coefficient (Wildman–Crippen LogP) is 3.56. The van der Waals surface area contributed by atoms with Crippen LogP contribution in [0.15, 0.2) is 42.5 Å². The van der Waals surface area contributed by atoms with Gasteiger partial charge < -0.3 is 15.1 Å². The number of carbonyl (C=O) groups is 2. The first kappa shape index (κ1) is 18.4. The van der Waals surface area contributed by atoms with E-state index in [2.05, 4.69) is 10.2 Å². The van der Waals surface area contributed by atoms with Gasteiger partial charge in [-0.2, -0.15) is 0 Å². The Morgan fingerprint density at radius 3 is 2.43 bits per heavy atom. The highest BCUT2D eigenvalue weighted by molar-refractivity contribution is 6.03. The monoisotopic (exact) mass is 385 g/mol. The normalized spacial score (nSPS) is 19.4. The van der Waals surface area contributed by atoms with Crippen molar-refractivity contribution < 1.29 is 18.4 Å². The molecule has 1 N–H and O–H groups in total. The van der Waals surface area contributed by atoms with Crippen LogP contribution in [0.3, 0.4) is 0 Å². The number of nitrogens with zero attached hydrogens (tertiary/aromatic N) is 2. The first-order valence-corrected chi connectivity index (χ1v) is 9.42. The van der Waals surface area contributed by atoms with Gasteiger partial charge in [0.15, 0.2) is 0 Å². The summed E-state index contributed by atoms with van der Waals surface area (Å²) in [5.74, 6) is -2.75. The molecule has 2 amide bonds. The van der Waals surface area contributed by atoms with Crippen molar-refractivity contribution in [1.29, 1.82) is 0 Å². The van der Waals surface area contributed by atoms with Gasteiger partial charge in [-0.05, 0) is 49.2 Å². The molecule has 28 heavy (non-hydrogen) atoms. The number of carbonyl (C=O) groups excluding carboxylic acids is 2. The van der Waals surface area contributed by atoms with Crippen LogP contribution in [-0.4, -0.2) is 31.4 Å². The lowest BCUT2D eigenvalue weighted by Crippen LogP contribution is -2.28. The summed E-state index contributed by atoms with van der Waals surface area (Å²) in [7, 11) is 0. The summed E-state index contributed by atoms with van der Waals surface area (Å²) < 4.78 is 27.1. The maximum atomic E-state index is 14.0. The molecule has 7 heteroatoms. The maximum Gasteiger partial charge on any atom is 0.229 e. The van der Waals surface area contributed by atoms with Gasteiger partial charge in [0.2, 0.25) is 11.8 Å². The van der Waals surface area contributed by atoms with Crippen molar-refractivity contribution in [3.8, 4) is 0 Å². The largest absolute Gasteiger partial charge is 0.372 e. The van der Waals surface area contributed by atoms with E-state index in [1.54, 1.807) is 0 Å². The second-order valence-corrected chi connectivity index (χ2v) is 7.23. The van der Waals surface area contributed by atoms with Crippen LogP contribution >= 0.6 is 0 Å². The molecule has 2 fully saturated rings. The van der Waals surface area contributed by atoms with Crippen LogP contribution in [0.1, 0.15) is 19.3 Å². The number of halogens is 2. The fourth-order valence-electron chi connectivity index (χ4n) is 3.79. The van der Waals surface area contributed by atoms with Gasteiger partial charge in [0, 0.05) is 43.5 Å². The van der Waals surface area contributed by atoms with Gasteiger partial charge in [-0.15, -0.1) is 0 Å². The Kier molecular flexibility index (Phi) is 4.98. The Morgan fingerprint density at radius 1 is 1.04 bits per heavy atom. The van der Waals surface area contributed by atoms with Crippen molar-refractivity contribution in [1.82, 2.24) is 0 Å². The Morgan fingerprint density at radius 2 is 1.75 bits per heavy atom. The molecular weight excluding hydrogens is 364 g/mol. The predicted molar refractivity (Wildman–Crippen MR) is 103 cm³/mol. The second-order valence-electron chi connectivity index (χ2n) is 7.23. The van der Waals surface area contributed by atoms with Gasteiger partial charge in [-0.1, -0.05) is 0 Å². The molecule has 0 aromatic heterocycles. The summed E-state index contributed by atoms with van der Waals surface area (Å²) in [6.45, 7) is 2.16. The first-order chi connectivity index (χ1) is 13.5. The van der Waals surface area contributed by atoms with Crippen LogP contribution in [-0.2, 0) is 9.59 Å². The lowest BCUT2D eigenvalue weighted by atomic mass is 10.1. The molecule has 146 valence electrons. The molecule has 2 aliphatic rings. The van der Waals surface area contributed by atoms with Crippen LogP contribution in [0, 0.1) is 17.6 Å². The highest BCUT2D eigenvalue weighted by Crippen LogP contribution is 2.29. The number of nitrogens with one attached hydrogen (secondary N) is 1. The highest BCUT2D eigenvalue weighted by Gasteiger charge is 2.36. The Labute approximate surface area is 161 Å². The molecule has 0 saturated carbocycles. The minimum absolute atomic E-state index is 0.00309. The van der Waals surface area contributed by atoms with E-state index < -0.39 is 17.6 Å². The molecule has 0 radical (unpaired) electrons. The SMILES string of the molecule is O=C(Nc1ccc(N2CCCC2)cc1)C1CC(=O)N(c2ccc(F)cc2F)C1. The number of hydrogen-bond acceptors (Lipinski definition) is 3. The van der Waals surface area contributed by atoms with E-state index in [1.165, 1.54) is 23.8 Å². The van der Waals surface area contributed by atoms with Gasteiger partial charge in [0.1, 0.15) is 11.6 Å². The zero-order chi connectivity index (χ0) is 19.7. The summed E-state index contributed by atoms with van der Waals surface area (Å²) in [4.78, 5) is 28.3. The van der Waals surface area contributed by atoms with Gasteiger partial charge in [-0.25, -0.2) is 8.78 Å². The molecule has 0 aliphatic carbocycles. The minimum Gasteiger partial charge on any atom is -0.372 e. The number of amides is 2. The van der Waals surface area contributed by atoms with Crippen LogP contribution < -0.4 is 15.1 Å². The zero-order valence-electron chi connectivity index (χ0n) is 15.3. The van der Waals surface area contributed by atoms with Crippen LogP contribution in [0.4, 0.5) is 25.8 Å². The van der Waals surface area contributed by atoms with Gasteiger partial charge >= 0.3 is 0 Å². The first-order valence-electron chi connectivity index (χ1n) is 9.42. The lowest BCUT2D eigenvalue weighted by molar-refractivity contribution is -0.122. The maximum absolute atomic E-state index is 14.0. The van der Waals surface area contributed by atoms with E-state index in [1.807, 2.05) is 24.3 Å². The van der Waals surface area contributed by atoms with Crippen molar-refractivity contribution in [3.05, 3.63) is 54.1 Å². The highest BCUT2D eigenvalue weighted by atomic mass is 19.1. The third-order valence-corrected chi connectivity index (χ3v) is 5.30. The quantitative estimate of drug-likeness (QED) is 0.876. The molecule has 2 aromatic carbocycles. The summed E-state index contributed by atoms with van der Waals surface area (Å²) >= 11 is 0. The lowest BCUT2D eigenvalue weighted by Gasteiger charge is -2.18. The van der Waals surface area contributed by atoms with Crippen molar-refractivity contribution in [2.75, 3.05) is 34.8 Å². The summed E-state index contributed by atoms with van der Waals surface area (Å²) in [5, 5.41) is 2.83. The molecule has 2 saturated heterocycles.